The van der Waals surface area contributed by atoms with E-state index in [2.05, 4.69) is 28.4 Å². The van der Waals surface area contributed by atoms with Crippen LogP contribution in [-0.2, 0) is 26.6 Å². The number of nitrogens with zero attached hydrogens (tertiary/aromatic N) is 4. The highest BCUT2D eigenvalue weighted by Gasteiger charge is 2.31. The van der Waals surface area contributed by atoms with E-state index in [0.717, 1.165) is 48.6 Å². The summed E-state index contributed by atoms with van der Waals surface area (Å²) in [4.78, 5) is 12.1. The normalized spacial score (nSPS) is 17.8. The lowest BCUT2D eigenvalue weighted by Crippen LogP contribution is -2.31. The number of pyridine rings is 1. The van der Waals surface area contributed by atoms with Gasteiger partial charge in [-0.25, -0.2) is 4.98 Å². The maximum atomic E-state index is 5.54. The fraction of sp³-hybridized carbons (Fsp3) is 0.579. The summed E-state index contributed by atoms with van der Waals surface area (Å²) in [5, 5.41) is 0. The van der Waals surface area contributed by atoms with Gasteiger partial charge in [0.2, 0.25) is 0 Å². The molecule has 0 radical (unpaired) electrons. The molecule has 0 atom stereocenters. The highest BCUT2D eigenvalue weighted by molar-refractivity contribution is 5.41. The predicted molar refractivity (Wildman–Crippen MR) is 93.3 cm³/mol. The van der Waals surface area contributed by atoms with Crippen molar-refractivity contribution in [2.24, 2.45) is 7.05 Å². The van der Waals surface area contributed by atoms with E-state index < -0.39 is 0 Å². The maximum Gasteiger partial charge on any atom is 0.128 e. The second-order valence-corrected chi connectivity index (χ2v) is 7.20. The van der Waals surface area contributed by atoms with Crippen molar-refractivity contribution in [3.05, 3.63) is 40.2 Å². The monoisotopic (exact) mass is 326 g/mol. The molecule has 128 valence electrons. The van der Waals surface area contributed by atoms with Gasteiger partial charge in [-0.1, -0.05) is 0 Å². The van der Waals surface area contributed by atoms with Crippen LogP contribution in [0.4, 0.5) is 0 Å². The largest absolute Gasteiger partial charge is 0.496 e. The van der Waals surface area contributed by atoms with Crippen LogP contribution in [0.2, 0.25) is 0 Å². The molecule has 0 bridgehead atoms. The number of hydrogen-bond acceptors (Lipinski definition) is 4. The third kappa shape index (κ3) is 2.61. The molecule has 0 N–H and O–H groups in total. The Morgan fingerprint density at radius 2 is 2.08 bits per heavy atom. The molecule has 5 heteroatoms. The van der Waals surface area contributed by atoms with Crippen LogP contribution in [0.5, 0.6) is 5.75 Å². The Morgan fingerprint density at radius 3 is 2.79 bits per heavy atom. The van der Waals surface area contributed by atoms with Crippen molar-refractivity contribution in [2.75, 3.05) is 13.7 Å². The zero-order chi connectivity index (χ0) is 16.8. The van der Waals surface area contributed by atoms with Crippen molar-refractivity contribution >= 4 is 0 Å². The molecule has 2 aromatic heterocycles. The molecule has 1 saturated carbocycles. The molecule has 24 heavy (non-hydrogen) atoms. The van der Waals surface area contributed by atoms with Gasteiger partial charge in [-0.05, 0) is 26.7 Å². The number of fused-ring (bicyclic) bond motifs is 1. The predicted octanol–water partition coefficient (Wildman–Crippen LogP) is 2.88. The molecule has 4 rings (SSSR count). The number of rotatable bonds is 4. The van der Waals surface area contributed by atoms with Crippen molar-refractivity contribution < 1.29 is 4.74 Å². The molecule has 2 aromatic rings. The first-order valence-corrected chi connectivity index (χ1v) is 8.84. The summed E-state index contributed by atoms with van der Waals surface area (Å²) in [5.74, 6) is 2.97. The second kappa shape index (κ2) is 5.88. The fourth-order valence-electron chi connectivity index (χ4n) is 3.89. The zero-order valence-electron chi connectivity index (χ0n) is 15.1. The third-order valence-electron chi connectivity index (χ3n) is 5.44. The highest BCUT2D eigenvalue weighted by Crippen LogP contribution is 2.40. The summed E-state index contributed by atoms with van der Waals surface area (Å²) >= 11 is 0. The van der Waals surface area contributed by atoms with Crippen LogP contribution in [0.25, 0.3) is 0 Å². The van der Waals surface area contributed by atoms with E-state index in [4.69, 9.17) is 9.72 Å². The minimum atomic E-state index is 0.708. The number of methoxy groups -OCH3 is 1. The van der Waals surface area contributed by atoms with Gasteiger partial charge in [0.15, 0.2) is 0 Å². The Morgan fingerprint density at radius 1 is 1.29 bits per heavy atom. The minimum Gasteiger partial charge on any atom is -0.496 e. The topological polar surface area (TPSA) is 43.2 Å². The van der Waals surface area contributed by atoms with E-state index in [1.54, 1.807) is 7.11 Å². The van der Waals surface area contributed by atoms with Crippen molar-refractivity contribution in [2.45, 2.75) is 52.1 Å². The molecule has 0 amide bonds. The highest BCUT2D eigenvalue weighted by atomic mass is 16.5. The summed E-state index contributed by atoms with van der Waals surface area (Å²) < 4.78 is 7.89. The molecular formula is C19H26N4O. The summed E-state index contributed by atoms with van der Waals surface area (Å²) in [5.41, 5.74) is 6.06. The summed E-state index contributed by atoms with van der Waals surface area (Å²) in [6.45, 7) is 7.00. The van der Waals surface area contributed by atoms with Gasteiger partial charge in [-0.2, -0.15) is 0 Å². The maximum absolute atomic E-state index is 5.54. The van der Waals surface area contributed by atoms with Crippen LogP contribution in [0.15, 0.2) is 6.20 Å². The molecular weight excluding hydrogens is 300 g/mol. The van der Waals surface area contributed by atoms with Crippen LogP contribution in [0.3, 0.4) is 0 Å². The number of ether oxygens (including phenoxy) is 1. The quantitative estimate of drug-likeness (QED) is 0.866. The van der Waals surface area contributed by atoms with Crippen molar-refractivity contribution in [1.29, 1.82) is 0 Å². The van der Waals surface area contributed by atoms with Crippen LogP contribution >= 0.6 is 0 Å². The van der Waals surface area contributed by atoms with Gasteiger partial charge in [-0.15, -0.1) is 0 Å². The SMILES string of the molecule is COc1c(C)cnc(CN2CCc3c(nc(C4CC4)n3C)C2)c1C. The van der Waals surface area contributed by atoms with Crippen LogP contribution < -0.4 is 4.74 Å². The van der Waals surface area contributed by atoms with E-state index in [1.807, 2.05) is 13.1 Å². The van der Waals surface area contributed by atoms with Gasteiger partial charge in [0.25, 0.3) is 0 Å². The van der Waals surface area contributed by atoms with Crippen LogP contribution in [0, 0.1) is 13.8 Å². The van der Waals surface area contributed by atoms with E-state index >= 15 is 0 Å². The Labute approximate surface area is 143 Å². The molecule has 3 heterocycles. The lowest BCUT2D eigenvalue weighted by atomic mass is 10.1. The number of hydrogen-bond donors (Lipinski definition) is 0. The zero-order valence-corrected chi connectivity index (χ0v) is 15.1. The van der Waals surface area contributed by atoms with E-state index in [1.165, 1.54) is 30.1 Å². The standard InChI is InChI=1S/C19H26N4O/c1-12-9-20-15(13(2)18(12)24-4)10-23-8-7-17-16(11-23)21-19(22(17)3)14-5-6-14/h9,14H,5-8,10-11H2,1-4H3. The van der Waals surface area contributed by atoms with E-state index in [-0.39, 0.29) is 0 Å². The minimum absolute atomic E-state index is 0.708. The van der Waals surface area contributed by atoms with Gasteiger partial charge < -0.3 is 9.30 Å². The van der Waals surface area contributed by atoms with Gasteiger partial charge in [0, 0.05) is 62.0 Å². The smallest absolute Gasteiger partial charge is 0.128 e. The molecule has 1 aliphatic heterocycles. The first-order chi connectivity index (χ1) is 11.6. The van der Waals surface area contributed by atoms with Crippen molar-refractivity contribution in [1.82, 2.24) is 19.4 Å². The number of aryl methyl sites for hydroxylation is 1. The Kier molecular flexibility index (Phi) is 3.83. The molecule has 0 saturated heterocycles. The van der Waals surface area contributed by atoms with Gasteiger partial charge in [0.05, 0.1) is 18.5 Å². The van der Waals surface area contributed by atoms with E-state index in [0.29, 0.717) is 5.92 Å². The van der Waals surface area contributed by atoms with Crippen molar-refractivity contribution in [3.8, 4) is 5.75 Å². The van der Waals surface area contributed by atoms with Crippen molar-refractivity contribution in [3.63, 3.8) is 0 Å². The Bertz CT molecular complexity index is 776. The first kappa shape index (κ1) is 15.6. The molecule has 5 nitrogen and oxygen atoms in total. The molecule has 1 fully saturated rings. The summed E-state index contributed by atoms with van der Waals surface area (Å²) in [7, 11) is 3.92. The third-order valence-corrected chi connectivity index (χ3v) is 5.44. The molecule has 2 aliphatic rings. The Hall–Kier alpha value is -1.88. The van der Waals surface area contributed by atoms with Gasteiger partial charge in [-0.3, -0.25) is 9.88 Å². The van der Waals surface area contributed by atoms with E-state index in [9.17, 15) is 0 Å². The lowest BCUT2D eigenvalue weighted by molar-refractivity contribution is 0.236. The number of aromatic nitrogens is 3. The molecule has 0 aromatic carbocycles. The van der Waals surface area contributed by atoms with Gasteiger partial charge in [0.1, 0.15) is 11.6 Å². The van der Waals surface area contributed by atoms with Crippen LogP contribution in [-0.4, -0.2) is 33.1 Å². The fourth-order valence-corrected chi connectivity index (χ4v) is 3.89. The summed E-state index contributed by atoms with van der Waals surface area (Å²) in [6, 6.07) is 0. The molecule has 0 spiro atoms. The second-order valence-electron chi connectivity index (χ2n) is 7.20. The molecule has 0 unspecified atom stereocenters. The number of imidazole rings is 1. The summed E-state index contributed by atoms with van der Waals surface area (Å²) in [6.07, 6.45) is 5.61. The lowest BCUT2D eigenvalue weighted by Gasteiger charge is -2.27. The van der Waals surface area contributed by atoms with Gasteiger partial charge >= 0.3 is 0 Å². The molecule has 1 aliphatic carbocycles. The average molecular weight is 326 g/mol. The average Bonchev–Trinajstić information content (AvgIpc) is 3.36. The van der Waals surface area contributed by atoms with Crippen LogP contribution in [0.1, 0.15) is 52.8 Å². The first-order valence-electron chi connectivity index (χ1n) is 8.84. The Balaban J connectivity index is 1.54.